The monoisotopic (exact) mass is 328 g/mol. The Kier molecular flexibility index (Phi) is 5.13. The fourth-order valence-corrected chi connectivity index (χ4v) is 4.17. The number of rotatable bonds is 5. The van der Waals surface area contributed by atoms with Crippen molar-refractivity contribution in [3.8, 4) is 0 Å². The third-order valence-corrected chi connectivity index (χ3v) is 5.52. The van der Waals surface area contributed by atoms with Crippen molar-refractivity contribution in [1.82, 2.24) is 9.80 Å². The predicted octanol–water partition coefficient (Wildman–Crippen LogP) is 3.85. The fraction of sp³-hybridized carbons (Fsp3) is 0.421. The second-order valence-electron chi connectivity index (χ2n) is 6.36. The molecule has 1 saturated heterocycles. The van der Waals surface area contributed by atoms with Crippen LogP contribution in [0.15, 0.2) is 41.8 Å². The molecule has 3 rings (SSSR count). The van der Waals surface area contributed by atoms with Gasteiger partial charge in [-0.2, -0.15) is 0 Å². The number of aryl methyl sites for hydroxylation is 1. The van der Waals surface area contributed by atoms with Gasteiger partial charge in [-0.05, 0) is 49.4 Å². The summed E-state index contributed by atoms with van der Waals surface area (Å²) in [6.07, 6.45) is 2.20. The lowest BCUT2D eigenvalue weighted by Gasteiger charge is -2.26. The van der Waals surface area contributed by atoms with Crippen molar-refractivity contribution in [2.45, 2.75) is 32.4 Å². The highest BCUT2D eigenvalue weighted by molar-refractivity contribution is 7.10. The molecule has 122 valence electrons. The van der Waals surface area contributed by atoms with Crippen LogP contribution in [0.4, 0.5) is 0 Å². The molecule has 2 heterocycles. The van der Waals surface area contributed by atoms with Gasteiger partial charge in [0, 0.05) is 18.0 Å². The molecule has 0 spiro atoms. The van der Waals surface area contributed by atoms with Gasteiger partial charge in [-0.25, -0.2) is 0 Å². The van der Waals surface area contributed by atoms with E-state index in [0.29, 0.717) is 6.54 Å². The van der Waals surface area contributed by atoms with Gasteiger partial charge in [0.15, 0.2) is 0 Å². The Hall–Kier alpha value is -1.65. The van der Waals surface area contributed by atoms with Crippen LogP contribution in [0.2, 0.25) is 0 Å². The van der Waals surface area contributed by atoms with Crippen molar-refractivity contribution in [2.75, 3.05) is 20.1 Å². The minimum Gasteiger partial charge on any atom is -0.334 e. The Morgan fingerprint density at radius 1 is 1.30 bits per heavy atom. The molecule has 3 nitrogen and oxygen atoms in total. The maximum atomic E-state index is 12.7. The summed E-state index contributed by atoms with van der Waals surface area (Å²) in [6.45, 7) is 4.31. The first-order chi connectivity index (χ1) is 11.1. The molecule has 23 heavy (non-hydrogen) atoms. The average molecular weight is 328 g/mol. The summed E-state index contributed by atoms with van der Waals surface area (Å²) >= 11 is 1.76. The summed E-state index contributed by atoms with van der Waals surface area (Å²) in [4.78, 5) is 18.2. The van der Waals surface area contributed by atoms with Crippen LogP contribution in [0.25, 0.3) is 0 Å². The molecular weight excluding hydrogens is 304 g/mol. The summed E-state index contributed by atoms with van der Waals surface area (Å²) in [7, 11) is 2.03. The van der Waals surface area contributed by atoms with E-state index >= 15 is 0 Å². The Morgan fingerprint density at radius 3 is 2.87 bits per heavy atom. The molecule has 1 aliphatic rings. The highest BCUT2D eigenvalue weighted by atomic mass is 32.1. The van der Waals surface area contributed by atoms with Gasteiger partial charge >= 0.3 is 0 Å². The van der Waals surface area contributed by atoms with Crippen molar-refractivity contribution in [1.29, 1.82) is 0 Å². The van der Waals surface area contributed by atoms with Crippen molar-refractivity contribution >= 4 is 17.2 Å². The molecule has 1 atom stereocenters. The lowest BCUT2D eigenvalue weighted by atomic mass is 10.1. The molecule has 0 N–H and O–H groups in total. The van der Waals surface area contributed by atoms with Crippen LogP contribution in [0.1, 0.15) is 34.9 Å². The Balaban J connectivity index is 1.61. The summed E-state index contributed by atoms with van der Waals surface area (Å²) in [5, 5.41) is 2.10. The summed E-state index contributed by atoms with van der Waals surface area (Å²) in [6, 6.07) is 12.9. The van der Waals surface area contributed by atoms with Crippen molar-refractivity contribution in [2.24, 2.45) is 0 Å². The minimum atomic E-state index is 0.247. The van der Waals surface area contributed by atoms with Gasteiger partial charge in [0.1, 0.15) is 0 Å². The number of thiophene rings is 1. The summed E-state index contributed by atoms with van der Waals surface area (Å²) in [5.41, 5.74) is 2.57. The number of nitrogens with zero attached hydrogens (tertiary/aromatic N) is 2. The maximum absolute atomic E-state index is 12.7. The Bertz CT molecular complexity index is 653. The van der Waals surface area contributed by atoms with Gasteiger partial charge < -0.3 is 4.90 Å². The molecule has 2 aromatic rings. The second-order valence-corrected chi connectivity index (χ2v) is 7.34. The normalized spacial score (nSPS) is 17.9. The third kappa shape index (κ3) is 3.82. The molecule has 1 aromatic carbocycles. The zero-order valence-corrected chi connectivity index (χ0v) is 14.7. The lowest BCUT2D eigenvalue weighted by Crippen LogP contribution is -2.38. The Morgan fingerprint density at radius 2 is 2.13 bits per heavy atom. The van der Waals surface area contributed by atoms with Gasteiger partial charge in [-0.1, -0.05) is 30.3 Å². The first-order valence-electron chi connectivity index (χ1n) is 8.21. The number of carbonyl (C=O) groups is 1. The van der Waals surface area contributed by atoms with E-state index in [9.17, 15) is 4.79 Å². The molecule has 0 radical (unpaired) electrons. The molecule has 1 fully saturated rings. The van der Waals surface area contributed by atoms with Gasteiger partial charge in [0.05, 0.1) is 12.6 Å². The van der Waals surface area contributed by atoms with Crippen LogP contribution < -0.4 is 0 Å². The molecule has 4 heteroatoms. The van der Waals surface area contributed by atoms with Crippen LogP contribution in [-0.4, -0.2) is 35.8 Å². The van der Waals surface area contributed by atoms with Gasteiger partial charge in [0.25, 0.3) is 0 Å². The number of likely N-dealkylation sites (N-methyl/N-ethyl adjacent to an activating group) is 1. The lowest BCUT2D eigenvalue weighted by molar-refractivity contribution is -0.133. The van der Waals surface area contributed by atoms with E-state index in [1.807, 2.05) is 7.05 Å². The fourth-order valence-electron chi connectivity index (χ4n) is 3.30. The largest absolute Gasteiger partial charge is 0.334 e. The molecule has 0 aliphatic carbocycles. The third-order valence-electron chi connectivity index (χ3n) is 4.55. The molecule has 1 amide bonds. The van der Waals surface area contributed by atoms with Crippen molar-refractivity contribution < 1.29 is 4.79 Å². The van der Waals surface area contributed by atoms with E-state index in [1.165, 1.54) is 16.0 Å². The number of benzene rings is 1. The molecule has 0 bridgehead atoms. The zero-order chi connectivity index (χ0) is 16.2. The van der Waals surface area contributed by atoms with Crippen LogP contribution >= 0.6 is 11.3 Å². The minimum absolute atomic E-state index is 0.247. The number of carbonyl (C=O) groups excluding carboxylic acids is 1. The van der Waals surface area contributed by atoms with Gasteiger partial charge in [0.2, 0.25) is 5.91 Å². The topological polar surface area (TPSA) is 23.6 Å². The van der Waals surface area contributed by atoms with Gasteiger partial charge in [-0.15, -0.1) is 11.3 Å². The summed E-state index contributed by atoms with van der Waals surface area (Å²) < 4.78 is 0. The smallest absolute Gasteiger partial charge is 0.237 e. The first-order valence-corrected chi connectivity index (χ1v) is 9.09. The Labute approximate surface area is 142 Å². The number of hydrogen-bond acceptors (Lipinski definition) is 3. The first kappa shape index (κ1) is 16.2. The summed E-state index contributed by atoms with van der Waals surface area (Å²) in [5.74, 6) is 0.247. The van der Waals surface area contributed by atoms with E-state index < -0.39 is 0 Å². The van der Waals surface area contributed by atoms with Crippen molar-refractivity contribution in [3.05, 3.63) is 57.8 Å². The van der Waals surface area contributed by atoms with Crippen LogP contribution in [0, 0.1) is 6.92 Å². The second kappa shape index (κ2) is 7.28. The van der Waals surface area contributed by atoms with Crippen LogP contribution in [-0.2, 0) is 11.3 Å². The average Bonchev–Trinajstić information content (AvgIpc) is 3.20. The highest BCUT2D eigenvalue weighted by Gasteiger charge is 2.30. The van der Waals surface area contributed by atoms with Gasteiger partial charge in [-0.3, -0.25) is 9.69 Å². The van der Waals surface area contributed by atoms with E-state index in [-0.39, 0.29) is 11.9 Å². The van der Waals surface area contributed by atoms with Crippen LogP contribution in [0.5, 0.6) is 0 Å². The maximum Gasteiger partial charge on any atom is 0.237 e. The van der Waals surface area contributed by atoms with E-state index in [0.717, 1.165) is 25.9 Å². The van der Waals surface area contributed by atoms with Crippen LogP contribution in [0.3, 0.4) is 0 Å². The number of likely N-dealkylation sites (tertiary alicyclic amines) is 1. The van der Waals surface area contributed by atoms with E-state index in [2.05, 4.69) is 58.5 Å². The number of amides is 1. The molecule has 1 unspecified atom stereocenters. The van der Waals surface area contributed by atoms with E-state index in [1.54, 1.807) is 11.3 Å². The number of hydrogen-bond donors (Lipinski definition) is 0. The molecule has 0 saturated carbocycles. The molecule has 1 aliphatic heterocycles. The SMILES string of the molecule is Cc1ccccc1CN(C)CC(=O)N1CCCC1c1cccs1. The standard InChI is InChI=1S/C19H24N2OS/c1-15-7-3-4-8-16(15)13-20(2)14-19(22)21-11-5-9-17(21)18-10-6-12-23-18/h3-4,6-8,10,12,17H,5,9,11,13-14H2,1-2H3. The van der Waals surface area contributed by atoms with Crippen molar-refractivity contribution in [3.63, 3.8) is 0 Å². The molecule has 1 aromatic heterocycles. The zero-order valence-electron chi connectivity index (χ0n) is 13.9. The predicted molar refractivity (Wildman–Crippen MR) is 95.5 cm³/mol. The van der Waals surface area contributed by atoms with E-state index in [4.69, 9.17) is 0 Å². The highest BCUT2D eigenvalue weighted by Crippen LogP contribution is 2.34. The molecular formula is C19H24N2OS. The quantitative estimate of drug-likeness (QED) is 0.832.